The lowest BCUT2D eigenvalue weighted by atomic mass is 9.93. The normalized spacial score (nSPS) is 18.9. The van der Waals surface area contributed by atoms with E-state index in [9.17, 15) is 33.9 Å². The van der Waals surface area contributed by atoms with Crippen LogP contribution in [0.5, 0.6) is 0 Å². The molecule has 1 aromatic carbocycles. The molecule has 1 aromatic heterocycles. The molecule has 1 saturated heterocycles. The zero-order valence-electron chi connectivity index (χ0n) is 25.4. The van der Waals surface area contributed by atoms with Crippen LogP contribution in [0.2, 0.25) is 0 Å². The van der Waals surface area contributed by atoms with Crippen LogP contribution in [-0.4, -0.2) is 90.9 Å². The zero-order chi connectivity index (χ0) is 33.7. The van der Waals surface area contributed by atoms with Crippen molar-refractivity contribution in [1.82, 2.24) is 20.4 Å². The fraction of sp³-hybridized carbons (Fsp3) is 0.429. The Hall–Kier alpha value is -3.55. The topological polar surface area (TPSA) is 234 Å². The molecule has 0 spiro atoms. The second kappa shape index (κ2) is 16.5. The van der Waals surface area contributed by atoms with Crippen molar-refractivity contribution in [2.75, 3.05) is 11.5 Å². The van der Waals surface area contributed by atoms with Gasteiger partial charge in [0, 0.05) is 42.9 Å². The highest BCUT2D eigenvalue weighted by molar-refractivity contribution is 8.01. The van der Waals surface area contributed by atoms with Gasteiger partial charge < -0.3 is 31.4 Å². The number of ether oxygens (including phenoxy) is 2. The third kappa shape index (κ3) is 9.08. The van der Waals surface area contributed by atoms with Crippen molar-refractivity contribution >= 4 is 82.7 Å². The number of benzene rings is 1. The molecule has 0 aliphatic carbocycles. The number of carbonyl (C=O) groups is 6. The van der Waals surface area contributed by atoms with Crippen molar-refractivity contribution in [2.45, 2.75) is 67.8 Å². The molecule has 2 aromatic rings. The van der Waals surface area contributed by atoms with Gasteiger partial charge in [0.15, 0.2) is 16.2 Å². The summed E-state index contributed by atoms with van der Waals surface area (Å²) in [5, 5.41) is 21.6. The molecule has 47 heavy (non-hydrogen) atoms. The third-order valence-electron chi connectivity index (χ3n) is 6.83. The molecule has 4 rings (SSSR count). The number of nitrogens with zero attached hydrogens (tertiary/aromatic N) is 3. The van der Waals surface area contributed by atoms with Crippen molar-refractivity contribution in [3.63, 3.8) is 0 Å². The highest BCUT2D eigenvalue weighted by Crippen LogP contribution is 2.42. The number of nitrogens with two attached hydrogens (primary N) is 2. The maximum Gasteiger partial charge on any atom is 0.358 e. The van der Waals surface area contributed by atoms with Gasteiger partial charge in [-0.15, -0.1) is 34.4 Å². The van der Waals surface area contributed by atoms with Gasteiger partial charge in [-0.25, -0.2) is 4.79 Å². The summed E-state index contributed by atoms with van der Waals surface area (Å²) in [6.45, 7) is 4.34. The molecule has 0 radical (unpaired) electrons. The number of hydrogen-bond donors (Lipinski definition) is 4. The van der Waals surface area contributed by atoms with Crippen LogP contribution in [-0.2, 0) is 33.4 Å². The number of β-lactam (4-membered cyclic amide) rings is 1. The number of aromatic nitrogens is 2. The number of Topliss-reactive ketones (excluding diaryl/α,β-unsaturated/α-hetero) is 1. The summed E-state index contributed by atoms with van der Waals surface area (Å²) in [6.07, 6.45) is -3.20. The number of aliphatic hydroxyl groups excluding tert-OH is 1. The number of rotatable bonds is 14. The third-order valence-corrected chi connectivity index (χ3v) is 10.2. The first-order valence-corrected chi connectivity index (χ1v) is 16.8. The number of carbonyl (C=O) groups excluding carboxylic acids is 6. The number of esters is 2. The summed E-state index contributed by atoms with van der Waals surface area (Å²) < 4.78 is 10.9. The van der Waals surface area contributed by atoms with E-state index in [2.05, 4.69) is 15.5 Å². The predicted molar refractivity (Wildman–Crippen MR) is 174 cm³/mol. The average molecular weight is 729 g/mol. The highest BCUT2D eigenvalue weighted by atomic mass is 35.5. The summed E-state index contributed by atoms with van der Waals surface area (Å²) in [6, 6.07) is 3.63. The maximum atomic E-state index is 13.4. The minimum atomic E-state index is -1.84. The van der Waals surface area contributed by atoms with Crippen LogP contribution < -0.4 is 16.8 Å². The van der Waals surface area contributed by atoms with Crippen LogP contribution in [0, 0.1) is 6.92 Å². The Morgan fingerprint density at radius 2 is 1.89 bits per heavy atom. The summed E-state index contributed by atoms with van der Waals surface area (Å²) in [4.78, 5) is 76.6. The number of halogens is 1. The quantitative estimate of drug-likeness (QED) is 0.0698. The van der Waals surface area contributed by atoms with Crippen molar-refractivity contribution in [2.24, 2.45) is 11.5 Å². The van der Waals surface area contributed by atoms with E-state index in [4.69, 9.17) is 20.9 Å². The molecule has 15 nitrogen and oxygen atoms in total. The molecule has 19 heteroatoms. The Morgan fingerprint density at radius 3 is 2.53 bits per heavy atom. The summed E-state index contributed by atoms with van der Waals surface area (Å²) in [7, 11) is 0. The molecular weight excluding hydrogens is 696 g/mol. The van der Waals surface area contributed by atoms with Crippen molar-refractivity contribution in [3.8, 4) is 0 Å². The van der Waals surface area contributed by atoms with Gasteiger partial charge in [0.1, 0.15) is 22.1 Å². The van der Waals surface area contributed by atoms with Crippen LogP contribution in [0.1, 0.15) is 53.7 Å². The number of aryl methyl sites for hydroxylation is 1. The van der Waals surface area contributed by atoms with Crippen molar-refractivity contribution in [3.05, 3.63) is 51.7 Å². The SMILES string of the molecule is CC(=O)OC(C)OC(=O)C1=C(CSc2nnc(C)s2)CS[C@H]2C(NC(=O)C(O)c3ccccc3C(=O)[C@@H](N)CCC(N)=O)C(=O)N12.Cl. The fourth-order valence-corrected chi connectivity index (χ4v) is 8.00. The lowest BCUT2D eigenvalue weighted by Crippen LogP contribution is -2.71. The monoisotopic (exact) mass is 728 g/mol. The molecule has 5 atom stereocenters. The van der Waals surface area contributed by atoms with E-state index in [-0.39, 0.29) is 47.8 Å². The van der Waals surface area contributed by atoms with E-state index >= 15 is 0 Å². The Morgan fingerprint density at radius 1 is 1.19 bits per heavy atom. The smallest absolute Gasteiger partial charge is 0.358 e. The fourth-order valence-electron chi connectivity index (χ4n) is 4.69. The van der Waals surface area contributed by atoms with Gasteiger partial charge in [-0.1, -0.05) is 47.4 Å². The summed E-state index contributed by atoms with van der Waals surface area (Å²) in [5.74, 6) is -3.77. The Labute approximate surface area is 288 Å². The maximum absolute atomic E-state index is 13.4. The molecule has 254 valence electrons. The molecule has 3 heterocycles. The number of amides is 3. The highest BCUT2D eigenvalue weighted by Gasteiger charge is 2.55. The predicted octanol–water partition coefficient (Wildman–Crippen LogP) is 0.976. The minimum Gasteiger partial charge on any atom is -0.426 e. The van der Waals surface area contributed by atoms with Crippen LogP contribution in [0.25, 0.3) is 0 Å². The first-order valence-electron chi connectivity index (χ1n) is 13.9. The second-order valence-corrected chi connectivity index (χ2v) is 13.8. The number of fused-ring (bicyclic) bond motifs is 1. The van der Waals surface area contributed by atoms with E-state index in [0.717, 1.165) is 11.9 Å². The lowest BCUT2D eigenvalue weighted by molar-refractivity contribution is -0.182. The summed E-state index contributed by atoms with van der Waals surface area (Å²) >= 11 is 4.00. The van der Waals surface area contributed by atoms with Crippen molar-refractivity contribution < 1.29 is 43.3 Å². The van der Waals surface area contributed by atoms with E-state index in [0.29, 0.717) is 15.7 Å². The first kappa shape index (κ1) is 37.9. The van der Waals surface area contributed by atoms with E-state index in [1.807, 2.05) is 6.92 Å². The van der Waals surface area contributed by atoms with E-state index in [1.165, 1.54) is 70.9 Å². The van der Waals surface area contributed by atoms with Gasteiger partial charge in [-0.05, 0) is 18.9 Å². The summed E-state index contributed by atoms with van der Waals surface area (Å²) in [5.41, 5.74) is 11.6. The number of thioether (sulfide) groups is 2. The van der Waals surface area contributed by atoms with Gasteiger partial charge in [0.2, 0.25) is 12.2 Å². The Bertz CT molecular complexity index is 1590. The van der Waals surface area contributed by atoms with E-state index < -0.39 is 65.3 Å². The van der Waals surface area contributed by atoms with Gasteiger partial charge in [-0.2, -0.15) is 0 Å². The van der Waals surface area contributed by atoms with Gasteiger partial charge >= 0.3 is 11.9 Å². The second-order valence-electron chi connectivity index (χ2n) is 10.3. The van der Waals surface area contributed by atoms with Crippen molar-refractivity contribution in [1.29, 1.82) is 0 Å². The molecule has 0 bridgehead atoms. The number of nitrogens with one attached hydrogen (secondary N) is 1. The lowest BCUT2D eigenvalue weighted by Gasteiger charge is -2.50. The molecule has 2 aliphatic heterocycles. The molecular formula is C28H33ClN6O9S3. The largest absolute Gasteiger partial charge is 0.426 e. The van der Waals surface area contributed by atoms with Crippen LogP contribution >= 0.6 is 47.3 Å². The Kier molecular flexibility index (Phi) is 13.3. The molecule has 3 amide bonds. The minimum absolute atomic E-state index is 0. The molecule has 0 saturated carbocycles. The van der Waals surface area contributed by atoms with Gasteiger partial charge in [0.25, 0.3) is 11.8 Å². The van der Waals surface area contributed by atoms with Gasteiger partial charge in [0.05, 0.1) is 6.04 Å². The standard InChI is InChI=1S/C28H32N6O9S3.ClH/c1-12-32-33-28(46-12)45-11-15-10-44-26-20(25(40)34(26)21(15)27(41)43-14(3)42-13(2)35)31-24(39)23(38)17-7-5-4-6-16(17)22(37)18(29)8-9-19(30)36;/h4-7,14,18,20,23,26,38H,8-11,29H2,1-3H3,(H2,30,36)(H,31,39);1H/t14?,18-,20?,23?,26-;/m0./s1. The Balaban J connectivity index is 0.00000600. The molecule has 6 N–H and O–H groups in total. The van der Waals surface area contributed by atoms with Crippen LogP contribution in [0.3, 0.4) is 0 Å². The zero-order valence-corrected chi connectivity index (χ0v) is 28.6. The number of primary amides is 1. The van der Waals surface area contributed by atoms with Gasteiger partial charge in [-0.3, -0.25) is 28.9 Å². The van der Waals surface area contributed by atoms with E-state index in [1.54, 1.807) is 0 Å². The molecule has 1 fully saturated rings. The number of hydrogen-bond acceptors (Lipinski definition) is 15. The number of aliphatic hydroxyl groups is 1. The molecule has 3 unspecified atom stereocenters. The van der Waals surface area contributed by atoms with Crippen LogP contribution in [0.4, 0.5) is 0 Å². The molecule has 2 aliphatic rings. The first-order chi connectivity index (χ1) is 21.8. The van der Waals surface area contributed by atoms with Crippen LogP contribution in [0.15, 0.2) is 39.9 Å². The number of ketones is 1. The average Bonchev–Trinajstić information content (AvgIpc) is 3.44.